The Morgan fingerprint density at radius 1 is 1.06 bits per heavy atom. The van der Waals surface area contributed by atoms with E-state index in [2.05, 4.69) is 0 Å². The highest BCUT2D eigenvalue weighted by Gasteiger charge is 2.29. The predicted molar refractivity (Wildman–Crippen MR) is 119 cm³/mol. The highest BCUT2D eigenvalue weighted by atomic mass is 16.5. The lowest BCUT2D eigenvalue weighted by Gasteiger charge is -2.31. The average molecular weight is 418 g/mol. The maximum Gasteiger partial charge on any atom is 0.309 e. The summed E-state index contributed by atoms with van der Waals surface area (Å²) in [5, 5.41) is 0.831. The summed E-state index contributed by atoms with van der Waals surface area (Å²) in [6.45, 7) is 3.27. The second-order valence-electron chi connectivity index (χ2n) is 7.62. The number of para-hydroxylation sites is 1. The van der Waals surface area contributed by atoms with Gasteiger partial charge in [-0.05, 0) is 56.2 Å². The Bertz CT molecular complexity index is 1090. The normalized spacial score (nSPS) is 14.5. The molecule has 0 aliphatic carbocycles. The van der Waals surface area contributed by atoms with Crippen LogP contribution in [0.1, 0.15) is 30.1 Å². The van der Waals surface area contributed by atoms with Gasteiger partial charge in [0.2, 0.25) is 0 Å². The number of aromatic nitrogens is 1. The first-order valence-electron chi connectivity index (χ1n) is 10.6. The number of esters is 1. The lowest BCUT2D eigenvalue weighted by Crippen LogP contribution is -2.40. The average Bonchev–Trinajstić information content (AvgIpc) is 2.83. The molecule has 31 heavy (non-hydrogen) atoms. The molecule has 3 aromatic rings. The Hall–Kier alpha value is -3.41. The van der Waals surface area contributed by atoms with Gasteiger partial charge in [0, 0.05) is 24.0 Å². The minimum atomic E-state index is -0.161. The monoisotopic (exact) mass is 418 g/mol. The molecule has 0 radical (unpaired) electrons. The molecular weight excluding hydrogens is 392 g/mol. The number of benzene rings is 2. The molecule has 0 unspecified atom stereocenters. The first kappa shape index (κ1) is 20.8. The zero-order valence-electron chi connectivity index (χ0n) is 17.8. The van der Waals surface area contributed by atoms with Crippen LogP contribution in [0.15, 0.2) is 54.6 Å². The van der Waals surface area contributed by atoms with Gasteiger partial charge in [-0.15, -0.1) is 0 Å². The van der Waals surface area contributed by atoms with Crippen LogP contribution in [-0.4, -0.2) is 48.6 Å². The Morgan fingerprint density at radius 2 is 1.77 bits per heavy atom. The van der Waals surface area contributed by atoms with Crippen molar-refractivity contribution in [2.75, 3.05) is 26.8 Å². The molecule has 0 N–H and O–H groups in total. The Balaban J connectivity index is 1.63. The van der Waals surface area contributed by atoms with Gasteiger partial charge < -0.3 is 14.4 Å². The van der Waals surface area contributed by atoms with Crippen LogP contribution in [0.25, 0.3) is 22.2 Å². The van der Waals surface area contributed by atoms with Crippen molar-refractivity contribution in [2.45, 2.75) is 19.8 Å². The van der Waals surface area contributed by atoms with Gasteiger partial charge in [-0.1, -0.05) is 18.2 Å². The molecule has 1 aliphatic rings. The molecule has 2 heterocycles. The smallest absolute Gasteiger partial charge is 0.309 e. The van der Waals surface area contributed by atoms with Gasteiger partial charge in [-0.2, -0.15) is 0 Å². The summed E-state index contributed by atoms with van der Waals surface area (Å²) >= 11 is 0. The molecule has 1 aliphatic heterocycles. The van der Waals surface area contributed by atoms with Crippen molar-refractivity contribution in [2.24, 2.45) is 5.92 Å². The number of carbonyl (C=O) groups excluding carboxylic acids is 2. The number of methoxy groups -OCH3 is 1. The number of likely N-dealkylation sites (tertiary alicyclic amines) is 1. The Labute approximate surface area is 181 Å². The molecule has 2 aromatic carbocycles. The molecule has 0 bridgehead atoms. The fraction of sp³-hybridized carbons (Fsp3) is 0.320. The van der Waals surface area contributed by atoms with E-state index in [9.17, 15) is 9.59 Å². The van der Waals surface area contributed by atoms with Gasteiger partial charge in [0.15, 0.2) is 0 Å². The molecule has 0 saturated carbocycles. The quantitative estimate of drug-likeness (QED) is 0.577. The van der Waals surface area contributed by atoms with Gasteiger partial charge in [0.25, 0.3) is 5.91 Å². The first-order chi connectivity index (χ1) is 15.1. The van der Waals surface area contributed by atoms with Gasteiger partial charge in [-0.25, -0.2) is 4.98 Å². The number of ether oxygens (including phenoxy) is 2. The summed E-state index contributed by atoms with van der Waals surface area (Å²) in [5.74, 6) is 0.444. The van der Waals surface area contributed by atoms with Crippen LogP contribution >= 0.6 is 0 Å². The fourth-order valence-electron chi connectivity index (χ4n) is 4.01. The van der Waals surface area contributed by atoms with E-state index >= 15 is 0 Å². The minimum absolute atomic E-state index is 0.0318. The summed E-state index contributed by atoms with van der Waals surface area (Å²) in [6.07, 6.45) is 1.25. The number of hydrogen-bond acceptors (Lipinski definition) is 5. The summed E-state index contributed by atoms with van der Waals surface area (Å²) in [7, 11) is 1.63. The van der Waals surface area contributed by atoms with E-state index < -0.39 is 0 Å². The second-order valence-corrected chi connectivity index (χ2v) is 7.62. The van der Waals surface area contributed by atoms with E-state index in [-0.39, 0.29) is 17.8 Å². The van der Waals surface area contributed by atoms with Crippen LogP contribution in [-0.2, 0) is 9.53 Å². The van der Waals surface area contributed by atoms with Crippen molar-refractivity contribution in [3.05, 3.63) is 60.2 Å². The first-order valence-corrected chi connectivity index (χ1v) is 10.6. The van der Waals surface area contributed by atoms with E-state index in [0.717, 1.165) is 27.9 Å². The topological polar surface area (TPSA) is 68.7 Å². The minimum Gasteiger partial charge on any atom is -0.497 e. The zero-order chi connectivity index (χ0) is 21.8. The van der Waals surface area contributed by atoms with E-state index in [4.69, 9.17) is 14.5 Å². The molecule has 1 amide bonds. The number of fused-ring (bicyclic) bond motifs is 1. The number of hydrogen-bond donors (Lipinski definition) is 0. The predicted octanol–water partition coefficient (Wildman–Crippen LogP) is 4.33. The van der Waals surface area contributed by atoms with E-state index in [1.165, 1.54) is 0 Å². The number of carbonyl (C=O) groups is 2. The summed E-state index contributed by atoms with van der Waals surface area (Å²) < 4.78 is 10.4. The number of pyridine rings is 1. The van der Waals surface area contributed by atoms with Crippen molar-refractivity contribution in [1.29, 1.82) is 0 Å². The van der Waals surface area contributed by atoms with Crippen LogP contribution in [0.4, 0.5) is 0 Å². The summed E-state index contributed by atoms with van der Waals surface area (Å²) in [4.78, 5) is 32.1. The molecule has 1 aromatic heterocycles. The highest BCUT2D eigenvalue weighted by Crippen LogP contribution is 2.28. The van der Waals surface area contributed by atoms with Crippen molar-refractivity contribution in [1.82, 2.24) is 9.88 Å². The van der Waals surface area contributed by atoms with Crippen molar-refractivity contribution in [3.8, 4) is 17.0 Å². The molecule has 0 spiro atoms. The molecule has 1 fully saturated rings. The largest absolute Gasteiger partial charge is 0.497 e. The molecule has 6 nitrogen and oxygen atoms in total. The molecule has 4 rings (SSSR count). The van der Waals surface area contributed by atoms with Crippen LogP contribution in [0.2, 0.25) is 0 Å². The van der Waals surface area contributed by atoms with Crippen LogP contribution in [0.5, 0.6) is 5.75 Å². The summed E-state index contributed by atoms with van der Waals surface area (Å²) in [5.41, 5.74) is 3.07. The van der Waals surface area contributed by atoms with Gasteiger partial charge in [0.1, 0.15) is 5.75 Å². The van der Waals surface area contributed by atoms with Gasteiger partial charge >= 0.3 is 5.97 Å². The maximum atomic E-state index is 13.5. The van der Waals surface area contributed by atoms with Crippen molar-refractivity contribution >= 4 is 22.8 Å². The lowest BCUT2D eigenvalue weighted by atomic mass is 9.95. The number of nitrogens with zero attached hydrogens (tertiary/aromatic N) is 2. The third-order valence-corrected chi connectivity index (χ3v) is 5.73. The molecular formula is C25H26N2O4. The van der Waals surface area contributed by atoms with Crippen LogP contribution < -0.4 is 4.74 Å². The molecule has 0 atom stereocenters. The standard InChI is InChI=1S/C25H26N2O4/c1-3-31-25(29)18-12-14-27(15-13-18)24(28)21-16-23(17-8-10-19(30-2)11-9-17)26-22-7-5-4-6-20(21)22/h4-11,16,18H,3,12-15H2,1-2H3. The van der Waals surface area contributed by atoms with E-state index in [1.54, 1.807) is 7.11 Å². The summed E-state index contributed by atoms with van der Waals surface area (Å²) in [6, 6.07) is 17.2. The van der Waals surface area contributed by atoms with Gasteiger partial charge in [-0.3, -0.25) is 9.59 Å². The van der Waals surface area contributed by atoms with Crippen molar-refractivity contribution < 1.29 is 19.1 Å². The molecule has 1 saturated heterocycles. The third-order valence-electron chi connectivity index (χ3n) is 5.73. The Kier molecular flexibility index (Phi) is 6.16. The van der Waals surface area contributed by atoms with Gasteiger partial charge in [0.05, 0.1) is 36.4 Å². The maximum absolute atomic E-state index is 13.5. The number of amides is 1. The van der Waals surface area contributed by atoms with Crippen LogP contribution in [0, 0.1) is 5.92 Å². The number of piperidine rings is 1. The van der Waals surface area contributed by atoms with Crippen LogP contribution in [0.3, 0.4) is 0 Å². The molecule has 160 valence electrons. The zero-order valence-corrected chi connectivity index (χ0v) is 17.8. The highest BCUT2D eigenvalue weighted by molar-refractivity contribution is 6.07. The van der Waals surface area contributed by atoms with Crippen molar-refractivity contribution in [3.63, 3.8) is 0 Å². The SMILES string of the molecule is CCOC(=O)C1CCN(C(=O)c2cc(-c3ccc(OC)cc3)nc3ccccc23)CC1. The Morgan fingerprint density at radius 3 is 2.45 bits per heavy atom. The van der Waals surface area contributed by atoms with E-state index in [1.807, 2.05) is 66.4 Å². The molecule has 6 heteroatoms. The second kappa shape index (κ2) is 9.16. The van der Waals surface area contributed by atoms with E-state index in [0.29, 0.717) is 38.1 Å². The third kappa shape index (κ3) is 4.38. The fourth-order valence-corrected chi connectivity index (χ4v) is 4.01. The number of rotatable bonds is 5. The lowest BCUT2D eigenvalue weighted by molar-refractivity contribution is -0.149.